The molecule has 15 N–H and O–H groups in total. The summed E-state index contributed by atoms with van der Waals surface area (Å²) in [6, 6.07) is 0. The fourth-order valence-corrected chi connectivity index (χ4v) is 7.09. The fraction of sp³-hybridized carbons (Fsp3) is 0.885. The number of rotatable bonds is 43. The Morgan fingerprint density at radius 3 is 0.914 bits per heavy atom. The van der Waals surface area contributed by atoms with Gasteiger partial charge in [-0.3, -0.25) is 19.2 Å². The van der Waals surface area contributed by atoms with Gasteiger partial charge in [0.1, 0.15) is 0 Å². The third-order valence-electron chi connectivity index (χ3n) is 11.9. The number of allylic oxidation sites excluding steroid dienone is 1. The summed E-state index contributed by atoms with van der Waals surface area (Å²) in [7, 11) is 9.01. The zero-order valence-electron chi connectivity index (χ0n) is 52.9. The summed E-state index contributed by atoms with van der Waals surface area (Å²) < 4.78 is 0. The molecule has 0 aromatic heterocycles. The number of aliphatic hydroxyl groups is 5. The van der Waals surface area contributed by atoms with Crippen molar-refractivity contribution in [3.63, 3.8) is 0 Å². The highest BCUT2D eigenvalue weighted by molar-refractivity contribution is 5.92. The van der Waals surface area contributed by atoms with Crippen molar-refractivity contribution < 1.29 is 75.0 Å². The highest BCUT2D eigenvalue weighted by Crippen LogP contribution is 2.23. The molecule has 0 bridgehead atoms. The third kappa shape index (κ3) is 116. The molecule has 20 heteroatoms. The van der Waals surface area contributed by atoms with Crippen LogP contribution in [0, 0.1) is 11.8 Å². The van der Waals surface area contributed by atoms with Gasteiger partial charge in [-0.2, -0.15) is 0 Å². The Balaban J connectivity index is -0.000000129. The number of nitrogens with one attached hydrogen (secondary N) is 5. The Kier molecular flexibility index (Phi) is 108. The van der Waals surface area contributed by atoms with Gasteiger partial charge >= 0.3 is 29.8 Å². The number of carboxylic acid groups (broad SMARTS) is 5. The standard InChI is InChI=1S/C14H26O4.C13H24O2.C12H24O2.C7H12O2.5C3H9NO/c1-2-3-4-5-6-7-8-9-10-11-12(13(15)16)14(17)18;1-2-3-4-5-6-7-8-9-10-11-12-13(14)15;1-2-3-4-5-6-7-8-9-10-11-12(13)14;8-7(9)6-4-2-1-3-5-6;5*1-4-2-3-5/h12H,2-11H2,1H3,(H,15,16)(H,17,18);11-12H,2-10H2,1H3,(H,14,15);2-11H2,1H3,(H,13,14);6H,1-5H2,(H,8,9);5*4-5H,2-3H2,1H3. The van der Waals surface area contributed by atoms with Gasteiger partial charge in [0, 0.05) is 45.2 Å². The minimum absolute atomic E-state index is 0.0289. The number of hydrogen-bond donors (Lipinski definition) is 15. The Bertz CT molecular complexity index is 1160. The maximum Gasteiger partial charge on any atom is 0.327 e. The number of carboxylic acids is 5. The first-order chi connectivity index (χ1) is 39.0. The van der Waals surface area contributed by atoms with Crippen LogP contribution in [-0.2, 0) is 24.0 Å². The van der Waals surface area contributed by atoms with Crippen LogP contribution in [0.15, 0.2) is 12.2 Å². The summed E-state index contributed by atoms with van der Waals surface area (Å²) in [5.74, 6) is -5.80. The lowest BCUT2D eigenvalue weighted by molar-refractivity contribution is -0.155. The molecule has 0 aromatic carbocycles. The molecule has 0 saturated heterocycles. The van der Waals surface area contributed by atoms with E-state index in [1.807, 2.05) is 0 Å². The van der Waals surface area contributed by atoms with Crippen molar-refractivity contribution in [3.05, 3.63) is 12.2 Å². The van der Waals surface area contributed by atoms with E-state index >= 15 is 0 Å². The summed E-state index contributed by atoms with van der Waals surface area (Å²) in [6.07, 6.45) is 41.5. The SMILES string of the molecule is CCCCCCCCCCC=CC(=O)O.CCCCCCCCCCCC(=O)O.CCCCCCCCCCCC(C(=O)O)C(=O)O.CNCCO.CNCCO.CNCCO.CNCCO.CNCCO.O=C(O)C1CCCCC1. The van der Waals surface area contributed by atoms with Crippen LogP contribution < -0.4 is 26.6 Å². The lowest BCUT2D eigenvalue weighted by Gasteiger charge is -2.16. The average Bonchev–Trinajstić information content (AvgIpc) is 3.44. The maximum absolute atomic E-state index is 10.6. The first-order valence-corrected chi connectivity index (χ1v) is 31.1. The number of unbranched alkanes of at least 4 members (excludes halogenated alkanes) is 24. The van der Waals surface area contributed by atoms with Crippen LogP contribution in [0.2, 0.25) is 0 Å². The second kappa shape index (κ2) is 93.1. The van der Waals surface area contributed by atoms with E-state index in [0.717, 1.165) is 64.2 Å². The highest BCUT2D eigenvalue weighted by atomic mass is 16.4. The van der Waals surface area contributed by atoms with Gasteiger partial charge < -0.3 is 77.6 Å². The molecule has 1 rings (SSSR count). The summed E-state index contributed by atoms with van der Waals surface area (Å²) in [5.41, 5.74) is 0. The Labute approximate surface area is 493 Å². The predicted octanol–water partition coefficient (Wildman–Crippen LogP) is 9.48. The van der Waals surface area contributed by atoms with Gasteiger partial charge in [0.05, 0.1) is 39.0 Å². The molecule has 1 fully saturated rings. The molecule has 0 aromatic rings. The van der Waals surface area contributed by atoms with Crippen LogP contribution in [0.4, 0.5) is 0 Å². The predicted molar refractivity (Wildman–Crippen MR) is 333 cm³/mol. The topological polar surface area (TPSA) is 348 Å². The monoisotopic (exact) mass is 1170 g/mol. The van der Waals surface area contributed by atoms with Gasteiger partial charge in [-0.05, 0) is 73.8 Å². The van der Waals surface area contributed by atoms with Crippen LogP contribution in [0.25, 0.3) is 0 Å². The molecule has 20 nitrogen and oxygen atoms in total. The van der Waals surface area contributed by atoms with Crippen molar-refractivity contribution in [2.75, 3.05) is 101 Å². The van der Waals surface area contributed by atoms with Gasteiger partial charge in [-0.1, -0.05) is 200 Å². The molecule has 0 unspecified atom stereocenters. The zero-order chi connectivity index (χ0) is 63.1. The van der Waals surface area contributed by atoms with Gasteiger partial charge in [0.2, 0.25) is 0 Å². The Morgan fingerprint density at radius 1 is 0.407 bits per heavy atom. The molecular formula is C61H131N5O15. The molecule has 1 aliphatic rings. The minimum Gasteiger partial charge on any atom is -0.481 e. The molecule has 1 aliphatic carbocycles. The average molecular weight is 1170 g/mol. The zero-order valence-corrected chi connectivity index (χ0v) is 52.9. The van der Waals surface area contributed by atoms with E-state index in [9.17, 15) is 24.0 Å². The second-order valence-electron chi connectivity index (χ2n) is 19.6. The number of hydrogen-bond acceptors (Lipinski definition) is 15. The van der Waals surface area contributed by atoms with Crippen LogP contribution in [0.1, 0.15) is 239 Å². The van der Waals surface area contributed by atoms with Gasteiger partial charge in [0.15, 0.2) is 5.92 Å². The van der Waals surface area contributed by atoms with E-state index in [0.29, 0.717) is 45.6 Å². The summed E-state index contributed by atoms with van der Waals surface area (Å²) >= 11 is 0. The summed E-state index contributed by atoms with van der Waals surface area (Å²) in [6.45, 7) is 11.3. The van der Waals surface area contributed by atoms with Crippen molar-refractivity contribution in [1.29, 1.82) is 0 Å². The van der Waals surface area contributed by atoms with Crippen molar-refractivity contribution in [2.45, 2.75) is 239 Å². The summed E-state index contributed by atoms with van der Waals surface area (Å²) in [4.78, 5) is 52.0. The molecular weight excluding hydrogens is 1040 g/mol. The van der Waals surface area contributed by atoms with Gasteiger partial charge in [0.25, 0.3) is 0 Å². The van der Waals surface area contributed by atoms with E-state index in [4.69, 9.17) is 51.1 Å². The molecule has 81 heavy (non-hydrogen) atoms. The van der Waals surface area contributed by atoms with E-state index in [1.54, 1.807) is 41.3 Å². The number of carbonyl (C=O) groups is 5. The molecule has 0 aliphatic heterocycles. The van der Waals surface area contributed by atoms with E-state index in [-0.39, 0.29) is 45.4 Å². The molecule has 0 atom stereocenters. The fourth-order valence-electron chi connectivity index (χ4n) is 7.09. The molecule has 0 radical (unpaired) electrons. The Hall–Kier alpha value is -3.31. The number of aliphatic carboxylic acids is 5. The van der Waals surface area contributed by atoms with Crippen LogP contribution in [0.5, 0.6) is 0 Å². The Morgan fingerprint density at radius 2 is 0.691 bits per heavy atom. The molecule has 490 valence electrons. The molecule has 1 saturated carbocycles. The molecule has 0 heterocycles. The largest absolute Gasteiger partial charge is 0.481 e. The second-order valence-corrected chi connectivity index (χ2v) is 19.6. The first-order valence-electron chi connectivity index (χ1n) is 31.1. The maximum atomic E-state index is 10.6. The van der Waals surface area contributed by atoms with E-state index in [2.05, 4.69) is 47.4 Å². The molecule has 0 spiro atoms. The van der Waals surface area contributed by atoms with Crippen LogP contribution in [-0.4, -0.2) is 182 Å². The van der Waals surface area contributed by atoms with E-state index < -0.39 is 35.8 Å². The number of likely N-dealkylation sites (N-methyl/N-ethyl adjacent to an activating group) is 5. The first kappa shape index (κ1) is 94.1. The highest BCUT2D eigenvalue weighted by Gasteiger charge is 2.24. The van der Waals surface area contributed by atoms with E-state index in [1.165, 1.54) is 141 Å². The van der Waals surface area contributed by atoms with Crippen molar-refractivity contribution >= 4 is 29.8 Å². The summed E-state index contributed by atoms with van der Waals surface area (Å²) in [5, 5.41) is 96.5. The van der Waals surface area contributed by atoms with Crippen LogP contribution >= 0.6 is 0 Å². The number of aliphatic hydroxyl groups excluding tert-OH is 5. The lowest BCUT2D eigenvalue weighted by atomic mass is 9.90. The van der Waals surface area contributed by atoms with Gasteiger partial charge in [-0.15, -0.1) is 0 Å². The van der Waals surface area contributed by atoms with Crippen molar-refractivity contribution in [1.82, 2.24) is 26.6 Å². The van der Waals surface area contributed by atoms with Crippen LogP contribution in [0.3, 0.4) is 0 Å². The van der Waals surface area contributed by atoms with Crippen molar-refractivity contribution in [3.8, 4) is 0 Å². The minimum atomic E-state index is -1.23. The van der Waals surface area contributed by atoms with Gasteiger partial charge in [-0.25, -0.2) is 4.79 Å². The quantitative estimate of drug-likeness (QED) is 0.0153. The lowest BCUT2D eigenvalue weighted by Crippen LogP contribution is -2.23. The third-order valence-corrected chi connectivity index (χ3v) is 11.9. The smallest absolute Gasteiger partial charge is 0.327 e. The normalized spacial score (nSPS) is 11.2. The van der Waals surface area contributed by atoms with Crippen molar-refractivity contribution in [2.24, 2.45) is 11.8 Å². The molecule has 0 amide bonds.